The zero-order chi connectivity index (χ0) is 13.9. The molecular formula is C16H26N2O2. The lowest BCUT2D eigenvalue weighted by Gasteiger charge is -2.28. The zero-order valence-corrected chi connectivity index (χ0v) is 12.7. The molecule has 1 N–H and O–H groups in total. The maximum atomic E-state index is 5.98. The lowest BCUT2D eigenvalue weighted by atomic mass is 10.1. The first-order chi connectivity index (χ1) is 9.70. The summed E-state index contributed by atoms with van der Waals surface area (Å²) in [6.45, 7) is 5.85. The van der Waals surface area contributed by atoms with Crippen molar-refractivity contribution in [2.24, 2.45) is 0 Å². The van der Waals surface area contributed by atoms with Gasteiger partial charge in [-0.1, -0.05) is 0 Å². The SMILES string of the molecule is Cc1cc(COC2CCN(C)CC2)oc1CNC1CC1. The van der Waals surface area contributed by atoms with E-state index in [4.69, 9.17) is 9.15 Å². The second-order valence-electron chi connectivity index (χ2n) is 6.29. The molecule has 1 aliphatic heterocycles. The van der Waals surface area contributed by atoms with E-state index in [0.717, 1.165) is 50.0 Å². The van der Waals surface area contributed by atoms with Gasteiger partial charge in [-0.15, -0.1) is 0 Å². The van der Waals surface area contributed by atoms with Crippen molar-refractivity contribution in [3.05, 3.63) is 23.2 Å². The third kappa shape index (κ3) is 3.84. The number of hydrogen-bond acceptors (Lipinski definition) is 4. The van der Waals surface area contributed by atoms with E-state index in [0.29, 0.717) is 12.7 Å². The molecule has 2 fully saturated rings. The van der Waals surface area contributed by atoms with Crippen LogP contribution >= 0.6 is 0 Å². The topological polar surface area (TPSA) is 37.6 Å². The number of nitrogens with zero attached hydrogens (tertiary/aromatic N) is 1. The molecule has 0 aromatic carbocycles. The van der Waals surface area contributed by atoms with Crippen molar-refractivity contribution in [2.75, 3.05) is 20.1 Å². The summed E-state index contributed by atoms with van der Waals surface area (Å²) in [5.41, 5.74) is 1.24. The fourth-order valence-corrected chi connectivity index (χ4v) is 2.71. The maximum absolute atomic E-state index is 5.98. The van der Waals surface area contributed by atoms with Gasteiger partial charge in [0.2, 0.25) is 0 Å². The molecule has 1 saturated heterocycles. The molecule has 20 heavy (non-hydrogen) atoms. The second-order valence-corrected chi connectivity index (χ2v) is 6.29. The molecule has 2 aliphatic rings. The molecule has 1 aliphatic carbocycles. The predicted molar refractivity (Wildman–Crippen MR) is 78.6 cm³/mol. The van der Waals surface area contributed by atoms with Crippen molar-refractivity contribution in [1.82, 2.24) is 10.2 Å². The molecule has 0 atom stereocenters. The van der Waals surface area contributed by atoms with Crippen LogP contribution < -0.4 is 5.32 Å². The van der Waals surface area contributed by atoms with Gasteiger partial charge in [-0.25, -0.2) is 0 Å². The zero-order valence-electron chi connectivity index (χ0n) is 12.7. The molecule has 2 heterocycles. The Morgan fingerprint density at radius 3 is 2.75 bits per heavy atom. The smallest absolute Gasteiger partial charge is 0.130 e. The van der Waals surface area contributed by atoms with Crippen LogP contribution in [0.4, 0.5) is 0 Å². The summed E-state index contributed by atoms with van der Waals surface area (Å²) in [6.07, 6.45) is 5.28. The van der Waals surface area contributed by atoms with E-state index in [-0.39, 0.29) is 0 Å². The highest BCUT2D eigenvalue weighted by Gasteiger charge is 2.21. The van der Waals surface area contributed by atoms with Gasteiger partial charge in [-0.3, -0.25) is 0 Å². The Morgan fingerprint density at radius 2 is 2.05 bits per heavy atom. The summed E-state index contributed by atoms with van der Waals surface area (Å²) in [6, 6.07) is 2.84. The Balaban J connectivity index is 1.46. The molecule has 0 amide bonds. The van der Waals surface area contributed by atoms with Crippen molar-refractivity contribution in [1.29, 1.82) is 0 Å². The van der Waals surface area contributed by atoms with E-state index in [2.05, 4.69) is 30.3 Å². The fourth-order valence-electron chi connectivity index (χ4n) is 2.71. The molecular weight excluding hydrogens is 252 g/mol. The molecule has 1 aromatic rings. The predicted octanol–water partition coefficient (Wildman–Crippen LogP) is 2.45. The van der Waals surface area contributed by atoms with Crippen molar-refractivity contribution >= 4 is 0 Å². The number of ether oxygens (including phenoxy) is 1. The second kappa shape index (κ2) is 6.29. The van der Waals surface area contributed by atoms with Crippen molar-refractivity contribution in [3.63, 3.8) is 0 Å². The number of aryl methyl sites for hydroxylation is 1. The van der Waals surface area contributed by atoms with E-state index >= 15 is 0 Å². The van der Waals surface area contributed by atoms with Gasteiger partial charge < -0.3 is 19.4 Å². The van der Waals surface area contributed by atoms with Gasteiger partial charge >= 0.3 is 0 Å². The first-order valence-electron chi connectivity index (χ1n) is 7.82. The van der Waals surface area contributed by atoms with Crippen LogP contribution in [0.15, 0.2) is 10.5 Å². The number of hydrogen-bond donors (Lipinski definition) is 1. The van der Waals surface area contributed by atoms with Crippen LogP contribution in [-0.4, -0.2) is 37.2 Å². The van der Waals surface area contributed by atoms with Crippen molar-refractivity contribution < 1.29 is 9.15 Å². The summed E-state index contributed by atoms with van der Waals surface area (Å²) in [4.78, 5) is 2.36. The molecule has 3 rings (SSSR count). The molecule has 0 radical (unpaired) electrons. The number of rotatable bonds is 6. The Labute approximate surface area is 121 Å². The standard InChI is InChI=1S/C16H26N2O2/c1-12-9-15(20-16(12)10-17-13-3-4-13)11-19-14-5-7-18(2)8-6-14/h9,13-14,17H,3-8,10-11H2,1-2H3. The minimum Gasteiger partial charge on any atom is -0.462 e. The first-order valence-corrected chi connectivity index (χ1v) is 7.82. The van der Waals surface area contributed by atoms with E-state index < -0.39 is 0 Å². The van der Waals surface area contributed by atoms with Crippen molar-refractivity contribution in [2.45, 2.75) is 57.9 Å². The normalized spacial score (nSPS) is 21.5. The summed E-state index contributed by atoms with van der Waals surface area (Å²) in [5.74, 6) is 2.04. The highest BCUT2D eigenvalue weighted by Crippen LogP contribution is 2.22. The van der Waals surface area contributed by atoms with Gasteiger partial charge in [0.05, 0.1) is 12.6 Å². The Kier molecular flexibility index (Phi) is 4.44. The highest BCUT2D eigenvalue weighted by molar-refractivity contribution is 5.19. The van der Waals surface area contributed by atoms with Gasteiger partial charge in [0, 0.05) is 19.1 Å². The Morgan fingerprint density at radius 1 is 1.30 bits per heavy atom. The summed E-state index contributed by atoms with van der Waals surface area (Å²) < 4.78 is 11.9. The molecule has 112 valence electrons. The first kappa shape index (κ1) is 14.1. The summed E-state index contributed by atoms with van der Waals surface area (Å²) >= 11 is 0. The largest absolute Gasteiger partial charge is 0.462 e. The molecule has 1 saturated carbocycles. The van der Waals surface area contributed by atoms with E-state index in [1.165, 1.54) is 18.4 Å². The van der Waals surface area contributed by atoms with Gasteiger partial charge in [0.1, 0.15) is 18.1 Å². The van der Waals surface area contributed by atoms with Crippen LogP contribution in [0.2, 0.25) is 0 Å². The van der Waals surface area contributed by atoms with Crippen LogP contribution in [0.3, 0.4) is 0 Å². The monoisotopic (exact) mass is 278 g/mol. The average Bonchev–Trinajstić information content (AvgIpc) is 3.20. The van der Waals surface area contributed by atoms with Crippen molar-refractivity contribution in [3.8, 4) is 0 Å². The van der Waals surface area contributed by atoms with Crippen LogP contribution in [0, 0.1) is 6.92 Å². The minimum absolute atomic E-state index is 0.393. The fraction of sp³-hybridized carbons (Fsp3) is 0.750. The third-order valence-electron chi connectivity index (χ3n) is 4.33. The van der Waals surface area contributed by atoms with Gasteiger partial charge in [-0.2, -0.15) is 0 Å². The Bertz CT molecular complexity index is 432. The van der Waals surface area contributed by atoms with Crippen LogP contribution in [0.25, 0.3) is 0 Å². The minimum atomic E-state index is 0.393. The summed E-state index contributed by atoms with van der Waals surface area (Å²) in [7, 11) is 2.17. The Hall–Kier alpha value is -0.840. The molecule has 0 bridgehead atoms. The molecule has 4 nitrogen and oxygen atoms in total. The quantitative estimate of drug-likeness (QED) is 0.867. The molecule has 0 unspecified atom stereocenters. The number of nitrogens with one attached hydrogen (secondary N) is 1. The number of likely N-dealkylation sites (tertiary alicyclic amines) is 1. The maximum Gasteiger partial charge on any atom is 0.130 e. The lowest BCUT2D eigenvalue weighted by Crippen LogP contribution is -2.34. The molecule has 0 spiro atoms. The van der Waals surface area contributed by atoms with E-state index in [1.54, 1.807) is 0 Å². The third-order valence-corrected chi connectivity index (χ3v) is 4.33. The number of piperidine rings is 1. The van der Waals surface area contributed by atoms with Gasteiger partial charge in [-0.05, 0) is 51.3 Å². The van der Waals surface area contributed by atoms with Crippen LogP contribution in [-0.2, 0) is 17.9 Å². The van der Waals surface area contributed by atoms with Gasteiger partial charge in [0.15, 0.2) is 0 Å². The summed E-state index contributed by atoms with van der Waals surface area (Å²) in [5, 5.41) is 3.50. The highest BCUT2D eigenvalue weighted by atomic mass is 16.5. The molecule has 4 heteroatoms. The van der Waals surface area contributed by atoms with Gasteiger partial charge in [0.25, 0.3) is 0 Å². The van der Waals surface area contributed by atoms with E-state index in [1.807, 2.05) is 0 Å². The average molecular weight is 278 g/mol. The van der Waals surface area contributed by atoms with E-state index in [9.17, 15) is 0 Å². The van der Waals surface area contributed by atoms with Crippen LogP contribution in [0.5, 0.6) is 0 Å². The lowest BCUT2D eigenvalue weighted by molar-refractivity contribution is -0.00512. The number of furan rings is 1. The molecule has 1 aromatic heterocycles. The van der Waals surface area contributed by atoms with Crippen LogP contribution in [0.1, 0.15) is 42.8 Å².